The van der Waals surface area contributed by atoms with Gasteiger partial charge in [0.05, 0.1) is 0 Å². The Kier molecular flexibility index (Phi) is 7.21. The molecule has 0 unspecified atom stereocenters. The van der Waals surface area contributed by atoms with E-state index in [0.717, 1.165) is 0 Å². The van der Waals surface area contributed by atoms with Crippen LogP contribution < -0.4 is 0 Å². The predicted octanol–water partition coefficient (Wildman–Crippen LogP) is 1.47. The molecule has 0 fully saturated rings. The summed E-state index contributed by atoms with van der Waals surface area (Å²) in [4.78, 5) is 8.78. The van der Waals surface area contributed by atoms with Crippen molar-refractivity contribution >= 4 is 15.8 Å². The molecule has 48 valence electrons. The summed E-state index contributed by atoms with van der Waals surface area (Å²) in [6.45, 7) is 0. The van der Waals surface area contributed by atoms with Gasteiger partial charge in [0.1, 0.15) is 0 Å². The van der Waals surface area contributed by atoms with Gasteiger partial charge in [0, 0.05) is 0 Å². The molecule has 1 rings (SSSR count). The normalized spacial score (nSPS) is 6.75. The van der Waals surface area contributed by atoms with E-state index in [-0.39, 0.29) is 0 Å². The molecule has 1 heterocycles. The monoisotopic (exact) mass is 310 g/mol. The van der Waals surface area contributed by atoms with Crippen LogP contribution in [0.3, 0.4) is 0 Å². The molecule has 0 saturated carbocycles. The van der Waals surface area contributed by atoms with Crippen LogP contribution in [-0.4, -0.2) is 4.50 Å². The molecular weight excluding hydrogens is 305 g/mol. The molecule has 0 aliphatic rings. The predicted molar refractivity (Wildman–Crippen MR) is 31.1 cm³/mol. The SMILES string of the molecule is O=[CH][Au].c1ccsc1. The first-order valence-corrected chi connectivity index (χ1v) is 4.07. The molecule has 8 heavy (non-hydrogen) atoms. The Balaban J connectivity index is 0.000000145. The standard InChI is InChI=1S/C4H4S.CHO.Au/c1-2-4-5-3-1;1-2;/h1-4H;1H;. The van der Waals surface area contributed by atoms with Crippen molar-refractivity contribution in [1.82, 2.24) is 0 Å². The second-order valence-electron chi connectivity index (χ2n) is 0.864. The number of rotatable bonds is 0. The molecule has 0 spiro atoms. The van der Waals surface area contributed by atoms with Gasteiger partial charge in [-0.15, -0.1) is 0 Å². The van der Waals surface area contributed by atoms with Crippen LogP contribution in [0.1, 0.15) is 0 Å². The van der Waals surface area contributed by atoms with Gasteiger partial charge in [0.2, 0.25) is 0 Å². The Morgan fingerprint density at radius 2 is 1.75 bits per heavy atom. The number of carbonyl (C=O) groups excluding carboxylic acids is 1. The van der Waals surface area contributed by atoms with E-state index in [4.69, 9.17) is 4.79 Å². The molecule has 1 aromatic rings. The molecule has 0 radical (unpaired) electrons. The van der Waals surface area contributed by atoms with Gasteiger partial charge >= 0.3 is 30.4 Å². The molecule has 0 aliphatic heterocycles. The fraction of sp³-hybridized carbons (Fsp3) is 0. The number of thiophene rings is 1. The average molecular weight is 310 g/mol. The fourth-order valence-corrected chi connectivity index (χ4v) is 0.680. The van der Waals surface area contributed by atoms with E-state index in [1.54, 1.807) is 32.4 Å². The van der Waals surface area contributed by atoms with Crippen LogP contribution in [0.25, 0.3) is 0 Å². The van der Waals surface area contributed by atoms with Crippen molar-refractivity contribution in [3.05, 3.63) is 22.9 Å². The molecule has 0 aromatic carbocycles. The van der Waals surface area contributed by atoms with Crippen molar-refractivity contribution in [2.75, 3.05) is 0 Å². The minimum atomic E-state index is 0.694. The van der Waals surface area contributed by atoms with Gasteiger partial charge in [-0.25, -0.2) is 0 Å². The minimum Gasteiger partial charge on any atom is -0.152 e. The molecule has 0 N–H and O–H groups in total. The van der Waals surface area contributed by atoms with Crippen LogP contribution in [0.4, 0.5) is 0 Å². The first-order chi connectivity index (χ1) is 3.91. The Labute approximate surface area is 64.6 Å². The van der Waals surface area contributed by atoms with Crippen LogP contribution in [0.2, 0.25) is 0 Å². The average Bonchev–Trinajstić information content (AvgIpc) is 2.17. The van der Waals surface area contributed by atoms with Crippen molar-refractivity contribution in [3.8, 4) is 0 Å². The first kappa shape index (κ1) is 8.11. The molecule has 0 atom stereocenters. The fourth-order valence-electron chi connectivity index (χ4n) is 0.227. The van der Waals surface area contributed by atoms with Crippen molar-refractivity contribution < 1.29 is 25.9 Å². The Bertz CT molecular complexity index is 98.8. The summed E-state index contributed by atoms with van der Waals surface area (Å²) < 4.78 is 0.694. The zero-order chi connectivity index (χ0) is 6.24. The maximum Gasteiger partial charge on any atom is -0.00934 e. The zero-order valence-electron chi connectivity index (χ0n) is 4.00. The van der Waals surface area contributed by atoms with Gasteiger partial charge in [0.15, 0.2) is 0 Å². The molecule has 1 nitrogen and oxygen atoms in total. The van der Waals surface area contributed by atoms with Crippen LogP contribution in [0.5, 0.6) is 0 Å². The van der Waals surface area contributed by atoms with E-state index < -0.39 is 0 Å². The number of hydrogen-bond acceptors (Lipinski definition) is 2. The zero-order valence-corrected chi connectivity index (χ0v) is 6.99. The van der Waals surface area contributed by atoms with Crippen molar-refractivity contribution in [2.24, 2.45) is 0 Å². The van der Waals surface area contributed by atoms with Crippen LogP contribution >= 0.6 is 11.3 Å². The Hall–Kier alpha value is 0.110. The van der Waals surface area contributed by atoms with Gasteiger partial charge in [-0.1, -0.05) is 12.1 Å². The molecular formula is C5H5AuOS. The Morgan fingerprint density at radius 1 is 1.38 bits per heavy atom. The third-order valence-electron chi connectivity index (χ3n) is 0.425. The van der Waals surface area contributed by atoms with Gasteiger partial charge in [-0.2, -0.15) is 11.3 Å². The largest absolute Gasteiger partial charge is 0.152 e. The second-order valence-corrected chi connectivity index (χ2v) is 2.19. The van der Waals surface area contributed by atoms with E-state index >= 15 is 0 Å². The molecule has 0 amide bonds. The van der Waals surface area contributed by atoms with Gasteiger partial charge < -0.3 is 0 Å². The van der Waals surface area contributed by atoms with E-state index in [1.165, 1.54) is 0 Å². The van der Waals surface area contributed by atoms with Crippen molar-refractivity contribution in [2.45, 2.75) is 0 Å². The summed E-state index contributed by atoms with van der Waals surface area (Å²) in [6.07, 6.45) is 0. The topological polar surface area (TPSA) is 17.1 Å². The first-order valence-electron chi connectivity index (χ1n) is 1.88. The minimum absolute atomic E-state index is 0.694. The quantitative estimate of drug-likeness (QED) is 0.524. The maximum atomic E-state index is 8.78. The maximum absolute atomic E-state index is 8.78. The molecule has 1 aromatic heterocycles. The van der Waals surface area contributed by atoms with Crippen LogP contribution in [0.15, 0.2) is 22.9 Å². The van der Waals surface area contributed by atoms with Crippen LogP contribution in [0, 0.1) is 0 Å². The molecule has 0 saturated heterocycles. The van der Waals surface area contributed by atoms with E-state index in [0.29, 0.717) is 4.50 Å². The smallest absolute Gasteiger partial charge is 0.00934 e. The number of hydrogen-bond donors (Lipinski definition) is 0. The van der Waals surface area contributed by atoms with E-state index in [1.807, 2.05) is 22.9 Å². The van der Waals surface area contributed by atoms with E-state index in [9.17, 15) is 0 Å². The summed E-state index contributed by atoms with van der Waals surface area (Å²) in [5.41, 5.74) is 0. The number of carbonyl (C=O) groups is 1. The summed E-state index contributed by atoms with van der Waals surface area (Å²) in [5, 5.41) is 4.08. The van der Waals surface area contributed by atoms with Crippen LogP contribution in [-0.2, 0) is 25.9 Å². The molecule has 3 heteroatoms. The summed E-state index contributed by atoms with van der Waals surface area (Å²) in [5.74, 6) is 0. The van der Waals surface area contributed by atoms with Gasteiger partial charge in [-0.05, 0) is 10.8 Å². The molecule has 0 aliphatic carbocycles. The van der Waals surface area contributed by atoms with Crippen molar-refractivity contribution in [1.29, 1.82) is 0 Å². The van der Waals surface area contributed by atoms with Gasteiger partial charge in [0.25, 0.3) is 0 Å². The van der Waals surface area contributed by atoms with Gasteiger partial charge in [-0.3, -0.25) is 0 Å². The third-order valence-corrected chi connectivity index (χ3v) is 1.05. The summed E-state index contributed by atoms with van der Waals surface area (Å²) in [6, 6.07) is 4.04. The Morgan fingerprint density at radius 3 is 1.88 bits per heavy atom. The summed E-state index contributed by atoms with van der Waals surface area (Å²) in [7, 11) is 0. The third kappa shape index (κ3) is 6.11. The molecule has 0 bridgehead atoms. The second kappa shape index (κ2) is 7.11. The van der Waals surface area contributed by atoms with Crippen molar-refractivity contribution in [3.63, 3.8) is 0 Å². The summed E-state index contributed by atoms with van der Waals surface area (Å²) >= 11 is 3.46. The van der Waals surface area contributed by atoms with E-state index in [2.05, 4.69) is 0 Å².